The number of benzene rings is 1. The molecule has 0 spiro atoms. The van der Waals surface area contributed by atoms with E-state index in [0.29, 0.717) is 18.5 Å². The van der Waals surface area contributed by atoms with E-state index < -0.39 is 6.04 Å². The maximum atomic E-state index is 12.7. The van der Waals surface area contributed by atoms with Crippen molar-refractivity contribution >= 4 is 17.7 Å². The molecular formula is C20H23N5O3. The van der Waals surface area contributed by atoms with Crippen molar-refractivity contribution in [2.75, 3.05) is 13.1 Å². The summed E-state index contributed by atoms with van der Waals surface area (Å²) in [6.07, 6.45) is 3.64. The summed E-state index contributed by atoms with van der Waals surface area (Å²) in [7, 11) is 0. The number of nitrogens with two attached hydrogens (primary N) is 1. The number of nitrogens with zero attached hydrogens (tertiary/aromatic N) is 2. The number of likely N-dealkylation sites (tertiary alicyclic amines) is 1. The zero-order valence-electron chi connectivity index (χ0n) is 15.4. The number of pyridine rings is 1. The summed E-state index contributed by atoms with van der Waals surface area (Å²) < 4.78 is 0. The van der Waals surface area contributed by atoms with Crippen LogP contribution in [-0.4, -0.2) is 52.8 Å². The van der Waals surface area contributed by atoms with E-state index >= 15 is 0 Å². The third-order valence-corrected chi connectivity index (χ3v) is 4.69. The topological polar surface area (TPSA) is 117 Å². The molecule has 3 rings (SSSR count). The smallest absolute Gasteiger partial charge is 0.251 e. The molecule has 0 aliphatic carbocycles. The van der Waals surface area contributed by atoms with Gasteiger partial charge in [0.05, 0.1) is 6.54 Å². The van der Waals surface area contributed by atoms with Crippen molar-refractivity contribution in [2.45, 2.75) is 25.0 Å². The van der Waals surface area contributed by atoms with Crippen LogP contribution in [0.2, 0.25) is 0 Å². The average molecular weight is 381 g/mol. The third-order valence-electron chi connectivity index (χ3n) is 4.69. The average Bonchev–Trinajstić information content (AvgIpc) is 3.16. The van der Waals surface area contributed by atoms with Crippen molar-refractivity contribution < 1.29 is 14.4 Å². The number of nitrogens with one attached hydrogen (secondary N) is 2. The second kappa shape index (κ2) is 9.09. The molecule has 4 N–H and O–H groups in total. The van der Waals surface area contributed by atoms with Gasteiger partial charge in [-0.1, -0.05) is 18.2 Å². The Kier molecular flexibility index (Phi) is 6.33. The fraction of sp³-hybridized carbons (Fsp3) is 0.300. The Labute approximate surface area is 163 Å². The van der Waals surface area contributed by atoms with Crippen LogP contribution in [0.15, 0.2) is 54.9 Å². The normalized spacial score (nSPS) is 18.5. The Balaban J connectivity index is 1.64. The van der Waals surface area contributed by atoms with E-state index in [0.717, 1.165) is 5.56 Å². The first-order chi connectivity index (χ1) is 13.6. The van der Waals surface area contributed by atoms with Crippen LogP contribution >= 0.6 is 0 Å². The van der Waals surface area contributed by atoms with Crippen LogP contribution in [-0.2, 0) is 16.1 Å². The highest BCUT2D eigenvalue weighted by atomic mass is 16.2. The molecule has 2 aromatic rings. The Morgan fingerprint density at radius 3 is 2.50 bits per heavy atom. The summed E-state index contributed by atoms with van der Waals surface area (Å²) in [6, 6.07) is 11.4. The van der Waals surface area contributed by atoms with E-state index in [2.05, 4.69) is 15.6 Å². The lowest BCUT2D eigenvalue weighted by Gasteiger charge is -2.23. The van der Waals surface area contributed by atoms with Gasteiger partial charge in [-0.05, 0) is 36.2 Å². The van der Waals surface area contributed by atoms with E-state index in [4.69, 9.17) is 5.73 Å². The third kappa shape index (κ3) is 4.72. The Bertz CT molecular complexity index is 828. The first kappa shape index (κ1) is 19.5. The predicted octanol–water partition coefficient (Wildman–Crippen LogP) is 0.0560. The van der Waals surface area contributed by atoms with Crippen LogP contribution in [0, 0.1) is 0 Å². The molecule has 3 amide bonds. The fourth-order valence-corrected chi connectivity index (χ4v) is 3.25. The van der Waals surface area contributed by atoms with Crippen molar-refractivity contribution in [1.29, 1.82) is 0 Å². The van der Waals surface area contributed by atoms with Crippen molar-refractivity contribution in [3.63, 3.8) is 0 Å². The number of hydrogen-bond acceptors (Lipinski definition) is 5. The summed E-state index contributed by atoms with van der Waals surface area (Å²) in [4.78, 5) is 42.7. The molecule has 2 unspecified atom stereocenters. The highest BCUT2D eigenvalue weighted by Crippen LogP contribution is 2.19. The van der Waals surface area contributed by atoms with Gasteiger partial charge in [-0.2, -0.15) is 0 Å². The quantitative estimate of drug-likeness (QED) is 0.654. The van der Waals surface area contributed by atoms with Gasteiger partial charge < -0.3 is 21.3 Å². The van der Waals surface area contributed by atoms with Gasteiger partial charge >= 0.3 is 0 Å². The Morgan fingerprint density at radius 2 is 1.82 bits per heavy atom. The van der Waals surface area contributed by atoms with Crippen molar-refractivity contribution in [1.82, 2.24) is 20.5 Å². The number of hydrogen-bond donors (Lipinski definition) is 3. The molecule has 2 heterocycles. The van der Waals surface area contributed by atoms with Crippen LogP contribution in [0.3, 0.4) is 0 Å². The number of carbonyl (C=O) groups is 3. The van der Waals surface area contributed by atoms with Crippen LogP contribution in [0.5, 0.6) is 0 Å². The minimum absolute atomic E-state index is 0.187. The Hall–Kier alpha value is -3.26. The molecule has 1 aromatic heterocycles. The Morgan fingerprint density at radius 1 is 1.11 bits per heavy atom. The molecule has 0 radical (unpaired) electrons. The number of aromatic nitrogens is 1. The molecule has 2 atom stereocenters. The maximum absolute atomic E-state index is 12.7. The number of rotatable bonds is 6. The second-order valence-corrected chi connectivity index (χ2v) is 6.61. The minimum Gasteiger partial charge on any atom is -0.350 e. The predicted molar refractivity (Wildman–Crippen MR) is 103 cm³/mol. The van der Waals surface area contributed by atoms with E-state index in [9.17, 15) is 14.4 Å². The van der Waals surface area contributed by atoms with Crippen molar-refractivity contribution in [2.24, 2.45) is 5.73 Å². The van der Waals surface area contributed by atoms with Gasteiger partial charge in [-0.25, -0.2) is 0 Å². The first-order valence-corrected chi connectivity index (χ1v) is 9.10. The largest absolute Gasteiger partial charge is 0.350 e. The van der Waals surface area contributed by atoms with Crippen molar-refractivity contribution in [3.05, 3.63) is 66.0 Å². The molecule has 0 saturated carbocycles. The van der Waals surface area contributed by atoms with E-state index in [-0.39, 0.29) is 36.9 Å². The highest BCUT2D eigenvalue weighted by molar-refractivity contribution is 5.95. The maximum Gasteiger partial charge on any atom is 0.251 e. The van der Waals surface area contributed by atoms with Gasteiger partial charge in [0.25, 0.3) is 5.91 Å². The lowest BCUT2D eigenvalue weighted by atomic mass is 10.1. The standard InChI is InChI=1S/C20H23N5O3/c21-11-18(26)25-13-16(24-19(27)15-4-2-1-3-5-15)10-17(25)20(28)23-12-14-6-8-22-9-7-14/h1-9,16-17H,10-13,21H2,(H,23,28)(H,24,27). The van der Waals surface area contributed by atoms with Gasteiger partial charge in [-0.3, -0.25) is 19.4 Å². The summed E-state index contributed by atoms with van der Waals surface area (Å²) in [5.41, 5.74) is 6.94. The molecule has 8 nitrogen and oxygen atoms in total. The van der Waals surface area contributed by atoms with Gasteiger partial charge in [-0.15, -0.1) is 0 Å². The molecule has 1 fully saturated rings. The summed E-state index contributed by atoms with van der Waals surface area (Å²) in [5, 5.41) is 5.74. The molecular weight excluding hydrogens is 358 g/mol. The number of amides is 3. The zero-order chi connectivity index (χ0) is 19.9. The highest BCUT2D eigenvalue weighted by Gasteiger charge is 2.39. The second-order valence-electron chi connectivity index (χ2n) is 6.61. The summed E-state index contributed by atoms with van der Waals surface area (Å²) in [5.74, 6) is -0.820. The molecule has 8 heteroatoms. The lowest BCUT2D eigenvalue weighted by molar-refractivity contribution is -0.137. The van der Waals surface area contributed by atoms with Gasteiger partial charge in [0.15, 0.2) is 0 Å². The molecule has 1 aromatic carbocycles. The molecule has 28 heavy (non-hydrogen) atoms. The molecule has 0 bridgehead atoms. The van der Waals surface area contributed by atoms with Gasteiger partial charge in [0.2, 0.25) is 11.8 Å². The van der Waals surface area contributed by atoms with Gasteiger partial charge in [0.1, 0.15) is 6.04 Å². The van der Waals surface area contributed by atoms with E-state index in [1.807, 2.05) is 6.07 Å². The lowest BCUT2D eigenvalue weighted by Crippen LogP contribution is -2.47. The van der Waals surface area contributed by atoms with Gasteiger partial charge in [0, 0.05) is 37.1 Å². The zero-order valence-corrected chi connectivity index (χ0v) is 15.4. The molecule has 1 aliphatic rings. The van der Waals surface area contributed by atoms with Crippen LogP contribution < -0.4 is 16.4 Å². The van der Waals surface area contributed by atoms with E-state index in [1.54, 1.807) is 48.8 Å². The summed E-state index contributed by atoms with van der Waals surface area (Å²) >= 11 is 0. The SMILES string of the molecule is NCC(=O)N1CC(NC(=O)c2ccccc2)CC1C(=O)NCc1ccncc1. The minimum atomic E-state index is -0.668. The number of carbonyl (C=O) groups excluding carboxylic acids is 3. The van der Waals surface area contributed by atoms with E-state index in [1.165, 1.54) is 4.90 Å². The van der Waals surface area contributed by atoms with Crippen LogP contribution in [0.4, 0.5) is 0 Å². The first-order valence-electron chi connectivity index (χ1n) is 9.10. The van der Waals surface area contributed by atoms with Crippen LogP contribution in [0.25, 0.3) is 0 Å². The monoisotopic (exact) mass is 381 g/mol. The summed E-state index contributed by atoms with van der Waals surface area (Å²) in [6.45, 7) is 0.402. The molecule has 1 aliphatic heterocycles. The van der Waals surface area contributed by atoms with Crippen molar-refractivity contribution in [3.8, 4) is 0 Å². The fourth-order valence-electron chi connectivity index (χ4n) is 3.25. The molecule has 1 saturated heterocycles. The van der Waals surface area contributed by atoms with Crippen LogP contribution in [0.1, 0.15) is 22.3 Å². The molecule has 146 valence electrons.